The number of benzene rings is 2. The Morgan fingerprint density at radius 1 is 1.05 bits per heavy atom. The van der Waals surface area contributed by atoms with Crippen LogP contribution < -0.4 is 14.4 Å². The first-order chi connectivity index (χ1) is 18.8. The van der Waals surface area contributed by atoms with Crippen LogP contribution >= 0.6 is 0 Å². The van der Waals surface area contributed by atoms with Crippen molar-refractivity contribution in [2.45, 2.75) is 45.3 Å². The number of halogens is 3. The zero-order valence-corrected chi connectivity index (χ0v) is 21.6. The summed E-state index contributed by atoms with van der Waals surface area (Å²) in [5, 5.41) is 9.32. The van der Waals surface area contributed by atoms with Crippen LogP contribution in [0, 0.1) is 34.8 Å². The maximum absolute atomic E-state index is 15.7. The van der Waals surface area contributed by atoms with Crippen LogP contribution in [0.15, 0.2) is 48.5 Å². The summed E-state index contributed by atoms with van der Waals surface area (Å²) >= 11 is 0. The lowest BCUT2D eigenvalue weighted by molar-refractivity contribution is -0.149. The Kier molecular flexibility index (Phi) is 8.92. The molecule has 0 N–H and O–H groups in total. The van der Waals surface area contributed by atoms with Crippen molar-refractivity contribution < 1.29 is 32.2 Å². The Labute approximate surface area is 224 Å². The molecule has 1 fully saturated rings. The van der Waals surface area contributed by atoms with E-state index in [9.17, 15) is 18.8 Å². The fourth-order valence-electron chi connectivity index (χ4n) is 4.62. The number of anilines is 1. The molecule has 1 aliphatic rings. The standard InChI is InChI=1S/C29H28F3N3O4/c1-3-37-29(36)20-10-12-21(13-11-20)35(2)26-24(30)27(32)34-28(25(26)31)39-23-15-19(16-33)9-14-22(23)38-17-18-7-5-4-6-8-18/h4-9,14-15,20-21H,3,10-13,17H2,1-2H3. The molecule has 10 heteroatoms. The Bertz CT molecular complexity index is 1360. The molecule has 4 rings (SSSR count). The smallest absolute Gasteiger partial charge is 0.308 e. The van der Waals surface area contributed by atoms with E-state index in [2.05, 4.69) is 4.98 Å². The summed E-state index contributed by atoms with van der Waals surface area (Å²) in [4.78, 5) is 16.7. The van der Waals surface area contributed by atoms with Gasteiger partial charge in [-0.05, 0) is 50.3 Å². The van der Waals surface area contributed by atoms with E-state index in [-0.39, 0.29) is 48.2 Å². The first-order valence-corrected chi connectivity index (χ1v) is 12.6. The van der Waals surface area contributed by atoms with Gasteiger partial charge in [0.25, 0.3) is 11.8 Å². The van der Waals surface area contributed by atoms with Crippen molar-refractivity contribution in [2.75, 3.05) is 18.6 Å². The molecule has 0 amide bonds. The molecule has 1 saturated carbocycles. The average molecular weight is 540 g/mol. The lowest BCUT2D eigenvalue weighted by Gasteiger charge is -2.35. The normalized spacial score (nSPS) is 16.7. The monoisotopic (exact) mass is 539 g/mol. The van der Waals surface area contributed by atoms with Crippen molar-refractivity contribution >= 4 is 11.7 Å². The largest absolute Gasteiger partial charge is 0.485 e. The van der Waals surface area contributed by atoms with Crippen molar-refractivity contribution in [1.29, 1.82) is 5.26 Å². The zero-order valence-electron chi connectivity index (χ0n) is 21.6. The van der Waals surface area contributed by atoms with Crippen LogP contribution in [0.4, 0.5) is 18.9 Å². The lowest BCUT2D eigenvalue weighted by atomic mass is 9.85. The molecule has 39 heavy (non-hydrogen) atoms. The first kappa shape index (κ1) is 27.8. The molecule has 2 aromatic carbocycles. The number of hydrogen-bond donors (Lipinski definition) is 0. The van der Waals surface area contributed by atoms with Gasteiger partial charge < -0.3 is 19.1 Å². The fraction of sp³-hybridized carbons (Fsp3) is 0.345. The number of pyridine rings is 1. The maximum Gasteiger partial charge on any atom is 0.308 e. The predicted octanol–water partition coefficient (Wildman–Crippen LogP) is 6.30. The third kappa shape index (κ3) is 6.42. The van der Waals surface area contributed by atoms with Gasteiger partial charge in [0.15, 0.2) is 11.5 Å². The van der Waals surface area contributed by atoms with Crippen LogP contribution in [0.5, 0.6) is 17.4 Å². The third-order valence-corrected chi connectivity index (χ3v) is 6.72. The molecule has 0 unspecified atom stereocenters. The van der Waals surface area contributed by atoms with E-state index >= 15 is 4.39 Å². The summed E-state index contributed by atoms with van der Waals surface area (Å²) < 4.78 is 61.6. The summed E-state index contributed by atoms with van der Waals surface area (Å²) in [6.45, 7) is 2.17. The third-order valence-electron chi connectivity index (χ3n) is 6.72. The van der Waals surface area contributed by atoms with Crippen LogP contribution in [-0.4, -0.2) is 30.6 Å². The second kappa shape index (κ2) is 12.5. The van der Waals surface area contributed by atoms with Crippen LogP contribution in [0.25, 0.3) is 0 Å². The molecule has 0 aliphatic heterocycles. The van der Waals surface area contributed by atoms with Gasteiger partial charge in [0, 0.05) is 19.2 Å². The minimum absolute atomic E-state index is 0.0778. The summed E-state index contributed by atoms with van der Waals surface area (Å²) in [6, 6.07) is 15.1. The molecule has 0 spiro atoms. The molecule has 1 heterocycles. The molecule has 7 nitrogen and oxygen atoms in total. The number of aromatic nitrogens is 1. The van der Waals surface area contributed by atoms with Crippen LogP contribution in [0.3, 0.4) is 0 Å². The Morgan fingerprint density at radius 2 is 1.77 bits per heavy atom. The number of hydrogen-bond acceptors (Lipinski definition) is 7. The van der Waals surface area contributed by atoms with E-state index in [0.29, 0.717) is 25.7 Å². The quantitative estimate of drug-likeness (QED) is 0.233. The Balaban J connectivity index is 1.58. The number of carbonyl (C=O) groups excluding carboxylic acids is 1. The van der Waals surface area contributed by atoms with E-state index in [4.69, 9.17) is 14.2 Å². The second-order valence-corrected chi connectivity index (χ2v) is 9.20. The first-order valence-electron chi connectivity index (χ1n) is 12.6. The SMILES string of the molecule is CCOC(=O)C1CCC(N(C)c2c(F)c(F)nc(Oc3cc(C#N)ccc3OCc3ccccc3)c2F)CC1. The van der Waals surface area contributed by atoms with Gasteiger partial charge in [-0.1, -0.05) is 30.3 Å². The number of esters is 1. The highest BCUT2D eigenvalue weighted by molar-refractivity contribution is 5.72. The van der Waals surface area contributed by atoms with Crippen LogP contribution in [0.1, 0.15) is 43.7 Å². The molecule has 0 radical (unpaired) electrons. The molecule has 0 atom stereocenters. The van der Waals surface area contributed by atoms with Gasteiger partial charge in [-0.25, -0.2) is 0 Å². The van der Waals surface area contributed by atoms with Gasteiger partial charge in [0.05, 0.1) is 24.2 Å². The highest BCUT2D eigenvalue weighted by Gasteiger charge is 2.33. The molecule has 0 saturated heterocycles. The van der Waals surface area contributed by atoms with Crippen LogP contribution in [0.2, 0.25) is 0 Å². The van der Waals surface area contributed by atoms with Gasteiger partial charge in [-0.3, -0.25) is 4.79 Å². The summed E-state index contributed by atoms with van der Waals surface area (Å²) in [7, 11) is 1.46. The van der Waals surface area contributed by atoms with E-state index in [1.807, 2.05) is 36.4 Å². The van der Waals surface area contributed by atoms with Gasteiger partial charge in [0.1, 0.15) is 12.3 Å². The van der Waals surface area contributed by atoms with Gasteiger partial charge >= 0.3 is 5.97 Å². The fourth-order valence-corrected chi connectivity index (χ4v) is 4.62. The summed E-state index contributed by atoms with van der Waals surface area (Å²) in [6.07, 6.45) is 1.88. The van der Waals surface area contributed by atoms with Gasteiger partial charge in [-0.2, -0.15) is 23.4 Å². The van der Waals surface area contributed by atoms with Crippen molar-refractivity contribution in [3.8, 4) is 23.4 Å². The van der Waals surface area contributed by atoms with Crippen molar-refractivity contribution in [1.82, 2.24) is 4.98 Å². The van der Waals surface area contributed by atoms with E-state index in [0.717, 1.165) is 5.56 Å². The highest BCUT2D eigenvalue weighted by atomic mass is 19.2. The van der Waals surface area contributed by atoms with Crippen molar-refractivity contribution in [3.05, 3.63) is 77.2 Å². The van der Waals surface area contributed by atoms with Gasteiger partial charge in [-0.15, -0.1) is 0 Å². The maximum atomic E-state index is 15.7. The molecule has 3 aromatic rings. The lowest BCUT2D eigenvalue weighted by Crippen LogP contribution is -2.38. The van der Waals surface area contributed by atoms with Crippen LogP contribution in [-0.2, 0) is 16.1 Å². The Morgan fingerprint density at radius 3 is 2.44 bits per heavy atom. The highest BCUT2D eigenvalue weighted by Crippen LogP contribution is 2.39. The van der Waals surface area contributed by atoms with E-state index < -0.39 is 29.1 Å². The molecule has 1 aliphatic carbocycles. The van der Waals surface area contributed by atoms with Crippen molar-refractivity contribution in [2.24, 2.45) is 5.92 Å². The minimum atomic E-state index is -1.53. The van der Waals surface area contributed by atoms with Gasteiger partial charge in [0.2, 0.25) is 11.6 Å². The molecule has 0 bridgehead atoms. The minimum Gasteiger partial charge on any atom is -0.485 e. The number of nitriles is 1. The predicted molar refractivity (Wildman–Crippen MR) is 137 cm³/mol. The molecular formula is C29H28F3N3O4. The van der Waals surface area contributed by atoms with E-state index in [1.54, 1.807) is 6.92 Å². The zero-order chi connectivity index (χ0) is 27.9. The van der Waals surface area contributed by atoms with Crippen molar-refractivity contribution in [3.63, 3.8) is 0 Å². The van der Waals surface area contributed by atoms with E-state index in [1.165, 1.54) is 30.1 Å². The number of carbonyl (C=O) groups is 1. The number of rotatable bonds is 9. The molecule has 204 valence electrons. The molecule has 1 aromatic heterocycles. The summed E-state index contributed by atoms with van der Waals surface area (Å²) in [5.74, 6) is -5.44. The average Bonchev–Trinajstić information content (AvgIpc) is 2.96. The molecular weight excluding hydrogens is 511 g/mol. The Hall–Kier alpha value is -4.26. The number of nitrogens with zero attached hydrogens (tertiary/aromatic N) is 3. The summed E-state index contributed by atoms with van der Waals surface area (Å²) in [5.41, 5.74) is 0.419. The second-order valence-electron chi connectivity index (χ2n) is 9.20. The topological polar surface area (TPSA) is 84.7 Å². The number of ether oxygens (including phenoxy) is 3.